The number of methoxy groups -OCH3 is 1. The first kappa shape index (κ1) is 10.3. The molecule has 0 unspecified atom stereocenters. The van der Waals surface area contributed by atoms with Crippen LogP contribution in [0.4, 0.5) is 0 Å². The van der Waals surface area contributed by atoms with Gasteiger partial charge in [0.25, 0.3) is 0 Å². The molecule has 13 heavy (non-hydrogen) atoms. The standard InChI is InChI=1S/C9H10ClO3/c1-12-8(11)7-13-9(10)5-3-2-4-6-9/h2-6H,7H2,1H3. The van der Waals surface area contributed by atoms with Gasteiger partial charge in [0.1, 0.15) is 6.61 Å². The first-order valence-electron chi connectivity index (χ1n) is 3.76. The normalized spacial score (nSPS) is 18.6. The van der Waals surface area contributed by atoms with Crippen molar-refractivity contribution in [2.24, 2.45) is 0 Å². The maximum absolute atomic E-state index is 10.7. The predicted molar refractivity (Wildman–Crippen MR) is 49.1 cm³/mol. The van der Waals surface area contributed by atoms with E-state index in [1.807, 2.05) is 6.42 Å². The summed E-state index contributed by atoms with van der Waals surface area (Å²) in [6.45, 7) is -0.158. The maximum atomic E-state index is 10.7. The SMILES string of the molecule is COC(=O)COC1(Cl)C=C[CH]C=C1. The Morgan fingerprint density at radius 3 is 2.62 bits per heavy atom. The molecule has 0 fully saturated rings. The summed E-state index contributed by atoms with van der Waals surface area (Å²) in [5.41, 5.74) is 0. The van der Waals surface area contributed by atoms with Crippen molar-refractivity contribution < 1.29 is 14.3 Å². The van der Waals surface area contributed by atoms with Crippen molar-refractivity contribution in [3.8, 4) is 0 Å². The van der Waals surface area contributed by atoms with Crippen molar-refractivity contribution in [2.75, 3.05) is 13.7 Å². The Labute approximate surface area is 82.0 Å². The number of halogens is 1. The minimum absolute atomic E-state index is 0.158. The van der Waals surface area contributed by atoms with Gasteiger partial charge in [-0.25, -0.2) is 4.79 Å². The number of alkyl halides is 1. The van der Waals surface area contributed by atoms with Crippen LogP contribution in [0.1, 0.15) is 0 Å². The Bertz CT molecular complexity index is 233. The lowest BCUT2D eigenvalue weighted by molar-refractivity contribution is -0.147. The van der Waals surface area contributed by atoms with Crippen LogP contribution in [0.2, 0.25) is 0 Å². The second-order valence-electron chi connectivity index (χ2n) is 2.47. The number of hydrogen-bond acceptors (Lipinski definition) is 3. The number of esters is 1. The van der Waals surface area contributed by atoms with Crippen LogP contribution in [-0.2, 0) is 14.3 Å². The molecule has 0 aromatic rings. The van der Waals surface area contributed by atoms with Crippen LogP contribution in [0.5, 0.6) is 0 Å². The minimum Gasteiger partial charge on any atom is -0.467 e. The van der Waals surface area contributed by atoms with E-state index >= 15 is 0 Å². The molecular weight excluding hydrogens is 192 g/mol. The van der Waals surface area contributed by atoms with E-state index in [4.69, 9.17) is 16.3 Å². The van der Waals surface area contributed by atoms with E-state index in [2.05, 4.69) is 4.74 Å². The summed E-state index contributed by atoms with van der Waals surface area (Å²) in [6, 6.07) is 0. The lowest BCUT2D eigenvalue weighted by atomic mass is 10.1. The van der Waals surface area contributed by atoms with Gasteiger partial charge in [-0.05, 0) is 12.2 Å². The first-order valence-corrected chi connectivity index (χ1v) is 4.14. The monoisotopic (exact) mass is 201 g/mol. The van der Waals surface area contributed by atoms with Gasteiger partial charge in [0.15, 0.2) is 5.06 Å². The highest BCUT2D eigenvalue weighted by molar-refractivity contribution is 6.25. The number of carbonyl (C=O) groups is 1. The third-order valence-electron chi connectivity index (χ3n) is 1.51. The molecular formula is C9H10ClO3. The number of ether oxygens (including phenoxy) is 2. The van der Waals surface area contributed by atoms with E-state index in [1.165, 1.54) is 7.11 Å². The highest BCUT2D eigenvalue weighted by Gasteiger charge is 2.23. The third-order valence-corrected chi connectivity index (χ3v) is 1.87. The van der Waals surface area contributed by atoms with E-state index in [1.54, 1.807) is 24.3 Å². The Morgan fingerprint density at radius 2 is 2.08 bits per heavy atom. The third kappa shape index (κ3) is 3.20. The summed E-state index contributed by atoms with van der Waals surface area (Å²) in [6.07, 6.45) is 8.63. The fraction of sp³-hybridized carbons (Fsp3) is 0.333. The average molecular weight is 202 g/mol. The molecule has 0 saturated carbocycles. The molecule has 3 nitrogen and oxygen atoms in total. The second-order valence-corrected chi connectivity index (χ2v) is 3.06. The van der Waals surface area contributed by atoms with Crippen molar-refractivity contribution in [1.29, 1.82) is 0 Å². The zero-order valence-corrected chi connectivity index (χ0v) is 7.95. The van der Waals surface area contributed by atoms with Crippen LogP contribution in [0, 0.1) is 6.42 Å². The molecule has 0 heterocycles. The van der Waals surface area contributed by atoms with Crippen LogP contribution in [0.25, 0.3) is 0 Å². The lowest BCUT2D eigenvalue weighted by Gasteiger charge is -2.21. The van der Waals surface area contributed by atoms with Crippen molar-refractivity contribution >= 4 is 17.6 Å². The maximum Gasteiger partial charge on any atom is 0.331 e. The zero-order chi connectivity index (χ0) is 9.73. The quantitative estimate of drug-likeness (QED) is 0.512. The Morgan fingerprint density at radius 1 is 1.46 bits per heavy atom. The van der Waals surface area contributed by atoms with E-state index < -0.39 is 11.0 Å². The molecule has 0 aromatic heterocycles. The fourth-order valence-electron chi connectivity index (χ4n) is 0.818. The molecule has 4 heteroatoms. The van der Waals surface area contributed by atoms with Crippen LogP contribution >= 0.6 is 11.6 Å². The smallest absolute Gasteiger partial charge is 0.331 e. The van der Waals surface area contributed by atoms with E-state index in [9.17, 15) is 4.79 Å². The molecule has 1 radical (unpaired) electrons. The molecule has 1 aliphatic carbocycles. The van der Waals surface area contributed by atoms with Crippen molar-refractivity contribution in [2.45, 2.75) is 5.06 Å². The largest absolute Gasteiger partial charge is 0.467 e. The summed E-state index contributed by atoms with van der Waals surface area (Å²) in [5, 5.41) is -1.01. The molecule has 0 aliphatic heterocycles. The Kier molecular flexibility index (Phi) is 3.51. The highest BCUT2D eigenvalue weighted by Crippen LogP contribution is 2.24. The fourth-order valence-corrected chi connectivity index (χ4v) is 1.02. The van der Waals surface area contributed by atoms with Crippen molar-refractivity contribution in [3.63, 3.8) is 0 Å². The molecule has 0 N–H and O–H groups in total. The Balaban J connectivity index is 2.43. The van der Waals surface area contributed by atoms with Crippen molar-refractivity contribution in [3.05, 3.63) is 30.7 Å². The van der Waals surface area contributed by atoms with Crippen LogP contribution in [0.15, 0.2) is 24.3 Å². The van der Waals surface area contributed by atoms with Crippen LogP contribution < -0.4 is 0 Å². The van der Waals surface area contributed by atoms with Gasteiger partial charge >= 0.3 is 5.97 Å². The number of hydrogen-bond donors (Lipinski definition) is 0. The van der Waals surface area contributed by atoms with Crippen LogP contribution in [0.3, 0.4) is 0 Å². The van der Waals surface area contributed by atoms with Crippen LogP contribution in [-0.4, -0.2) is 24.7 Å². The summed E-state index contributed by atoms with van der Waals surface area (Å²) in [4.78, 5) is 10.7. The molecule has 0 aromatic carbocycles. The molecule has 0 atom stereocenters. The number of rotatable bonds is 3. The summed E-state index contributed by atoms with van der Waals surface area (Å²) in [5.74, 6) is -0.448. The number of allylic oxidation sites excluding steroid dienone is 2. The van der Waals surface area contributed by atoms with E-state index in [0.717, 1.165) is 0 Å². The van der Waals surface area contributed by atoms with Gasteiger partial charge < -0.3 is 9.47 Å². The molecule has 0 spiro atoms. The minimum atomic E-state index is -1.01. The Hall–Kier alpha value is -0.800. The topological polar surface area (TPSA) is 35.5 Å². The van der Waals surface area contributed by atoms with Crippen molar-refractivity contribution in [1.82, 2.24) is 0 Å². The summed E-state index contributed by atoms with van der Waals surface area (Å²) in [7, 11) is 1.30. The van der Waals surface area contributed by atoms with Gasteiger partial charge in [0, 0.05) is 6.42 Å². The molecule has 0 saturated heterocycles. The first-order chi connectivity index (χ1) is 6.16. The predicted octanol–water partition coefficient (Wildman–Crippen LogP) is 1.44. The van der Waals surface area contributed by atoms with Gasteiger partial charge in [-0.15, -0.1) is 0 Å². The molecule has 71 valence electrons. The zero-order valence-electron chi connectivity index (χ0n) is 7.20. The lowest BCUT2D eigenvalue weighted by Crippen LogP contribution is -2.25. The molecule has 1 aliphatic rings. The number of carbonyl (C=O) groups excluding carboxylic acids is 1. The van der Waals surface area contributed by atoms with Gasteiger partial charge in [0.05, 0.1) is 7.11 Å². The van der Waals surface area contributed by atoms with Gasteiger partial charge in [0.2, 0.25) is 0 Å². The highest BCUT2D eigenvalue weighted by atomic mass is 35.5. The molecule has 0 bridgehead atoms. The van der Waals surface area contributed by atoms with Gasteiger partial charge in [-0.1, -0.05) is 23.8 Å². The molecule has 0 amide bonds. The van der Waals surface area contributed by atoms with E-state index in [0.29, 0.717) is 0 Å². The molecule has 1 rings (SSSR count). The average Bonchev–Trinajstić information content (AvgIpc) is 2.15. The second kappa shape index (κ2) is 4.44. The summed E-state index contributed by atoms with van der Waals surface area (Å²) >= 11 is 5.95. The van der Waals surface area contributed by atoms with Gasteiger partial charge in [-0.2, -0.15) is 0 Å². The summed E-state index contributed by atoms with van der Waals surface area (Å²) < 4.78 is 9.53. The van der Waals surface area contributed by atoms with E-state index in [-0.39, 0.29) is 6.61 Å². The van der Waals surface area contributed by atoms with Gasteiger partial charge in [-0.3, -0.25) is 0 Å².